The van der Waals surface area contributed by atoms with Crippen molar-refractivity contribution in [3.63, 3.8) is 0 Å². The summed E-state index contributed by atoms with van der Waals surface area (Å²) in [5, 5.41) is 5.09. The number of hydrogen-bond acceptors (Lipinski definition) is 4. The summed E-state index contributed by atoms with van der Waals surface area (Å²) in [6.07, 6.45) is 3.54. The van der Waals surface area contributed by atoms with Gasteiger partial charge in [0.1, 0.15) is 0 Å². The average Bonchev–Trinajstić information content (AvgIpc) is 3.19. The summed E-state index contributed by atoms with van der Waals surface area (Å²) >= 11 is 1.59. The lowest BCUT2D eigenvalue weighted by molar-refractivity contribution is 0.0190. The first-order valence-electron chi connectivity index (χ1n) is 7.72. The third-order valence-electron chi connectivity index (χ3n) is 5.49. The second-order valence-corrected chi connectivity index (χ2v) is 7.18. The molecule has 114 valence electrons. The first-order chi connectivity index (χ1) is 10.3. The molecule has 2 heterocycles. The quantitative estimate of drug-likeness (QED) is 0.922. The molecular formula is C15H21N3O2S. The zero-order valence-electron chi connectivity index (χ0n) is 12.2. The number of amides is 2. The average molecular weight is 307 g/mol. The van der Waals surface area contributed by atoms with E-state index < -0.39 is 0 Å². The van der Waals surface area contributed by atoms with Gasteiger partial charge < -0.3 is 15.0 Å². The van der Waals surface area contributed by atoms with Crippen LogP contribution in [-0.2, 0) is 11.2 Å². The number of fused-ring (bicyclic) bond motifs is 1. The number of carbonyl (C=O) groups excluding carboxylic acids is 1. The lowest BCUT2D eigenvalue weighted by atomic mass is 9.88. The van der Waals surface area contributed by atoms with Crippen molar-refractivity contribution in [2.75, 3.05) is 20.2 Å². The van der Waals surface area contributed by atoms with Crippen LogP contribution in [-0.4, -0.2) is 48.3 Å². The molecule has 2 saturated carbocycles. The molecule has 1 N–H and O–H groups in total. The van der Waals surface area contributed by atoms with Crippen LogP contribution in [0.1, 0.15) is 18.5 Å². The Bertz CT molecular complexity index is 519. The van der Waals surface area contributed by atoms with Crippen molar-refractivity contribution in [1.82, 2.24) is 15.2 Å². The first kappa shape index (κ1) is 13.5. The monoisotopic (exact) mass is 307 g/mol. The topological polar surface area (TPSA) is 54.5 Å². The van der Waals surface area contributed by atoms with E-state index in [-0.39, 0.29) is 12.1 Å². The first-order valence-corrected chi connectivity index (χ1v) is 8.66. The molecule has 0 spiro atoms. The number of hydrogen-bond donors (Lipinski definition) is 1. The van der Waals surface area contributed by atoms with Crippen molar-refractivity contribution in [3.8, 4) is 0 Å². The number of methoxy groups -OCH3 is 1. The molecule has 1 aromatic rings. The van der Waals surface area contributed by atoms with Gasteiger partial charge >= 0.3 is 6.03 Å². The number of rotatable bonds is 4. The number of thiazole rings is 1. The summed E-state index contributed by atoms with van der Waals surface area (Å²) < 4.78 is 5.69. The molecular weight excluding hydrogens is 286 g/mol. The second-order valence-electron chi connectivity index (χ2n) is 6.46. The Labute approximate surface area is 128 Å². The second kappa shape index (κ2) is 5.25. The van der Waals surface area contributed by atoms with Crippen molar-refractivity contribution in [2.45, 2.75) is 31.4 Å². The largest absolute Gasteiger partial charge is 0.379 e. The van der Waals surface area contributed by atoms with Crippen LogP contribution in [0.15, 0.2) is 10.9 Å². The van der Waals surface area contributed by atoms with Gasteiger partial charge in [0.25, 0.3) is 0 Å². The van der Waals surface area contributed by atoms with E-state index in [0.29, 0.717) is 30.3 Å². The minimum Gasteiger partial charge on any atom is -0.379 e. The van der Waals surface area contributed by atoms with Crippen LogP contribution >= 0.6 is 11.3 Å². The SMILES string of the molecule is COC1C2CC3CN(C(=O)NCCc4cscn4)C1C3C2. The van der Waals surface area contributed by atoms with Crippen LogP contribution in [0.25, 0.3) is 0 Å². The number of likely N-dealkylation sites (tertiary alicyclic amines) is 1. The molecule has 1 saturated heterocycles. The fourth-order valence-electron chi connectivity index (χ4n) is 4.71. The number of ether oxygens (including phenoxy) is 1. The van der Waals surface area contributed by atoms with E-state index >= 15 is 0 Å². The van der Waals surface area contributed by atoms with Crippen LogP contribution in [0, 0.1) is 17.8 Å². The lowest BCUT2D eigenvalue weighted by Gasteiger charge is -2.31. The fraction of sp³-hybridized carbons (Fsp3) is 0.733. The van der Waals surface area contributed by atoms with Gasteiger partial charge in [-0.2, -0.15) is 0 Å². The highest BCUT2D eigenvalue weighted by Gasteiger charge is 2.60. The van der Waals surface area contributed by atoms with E-state index in [4.69, 9.17) is 4.74 Å². The van der Waals surface area contributed by atoms with Gasteiger partial charge in [-0.3, -0.25) is 0 Å². The third kappa shape index (κ3) is 2.16. The molecule has 5 unspecified atom stereocenters. The minimum atomic E-state index is 0.0762. The van der Waals surface area contributed by atoms with Crippen molar-refractivity contribution < 1.29 is 9.53 Å². The maximum absolute atomic E-state index is 12.5. The van der Waals surface area contributed by atoms with E-state index in [9.17, 15) is 4.79 Å². The molecule has 0 radical (unpaired) electrons. The predicted molar refractivity (Wildman–Crippen MR) is 80.2 cm³/mol. The summed E-state index contributed by atoms with van der Waals surface area (Å²) in [7, 11) is 1.79. The van der Waals surface area contributed by atoms with E-state index in [0.717, 1.165) is 18.7 Å². The van der Waals surface area contributed by atoms with Gasteiger partial charge in [0.15, 0.2) is 0 Å². The smallest absolute Gasteiger partial charge is 0.317 e. The normalized spacial score (nSPS) is 36.4. The molecule has 21 heavy (non-hydrogen) atoms. The molecule has 2 bridgehead atoms. The number of nitrogens with zero attached hydrogens (tertiary/aromatic N) is 2. The van der Waals surface area contributed by atoms with E-state index in [1.54, 1.807) is 18.4 Å². The van der Waals surface area contributed by atoms with Crippen molar-refractivity contribution in [1.29, 1.82) is 0 Å². The lowest BCUT2D eigenvalue weighted by Crippen LogP contribution is -2.48. The highest BCUT2D eigenvalue weighted by Crippen LogP contribution is 2.55. The molecule has 6 heteroatoms. The van der Waals surface area contributed by atoms with Gasteiger partial charge in [-0.25, -0.2) is 9.78 Å². The summed E-state index contributed by atoms with van der Waals surface area (Å²) in [6.45, 7) is 1.57. The minimum absolute atomic E-state index is 0.0762. The number of carbonyl (C=O) groups is 1. The van der Waals surface area contributed by atoms with Crippen LogP contribution in [0.5, 0.6) is 0 Å². The van der Waals surface area contributed by atoms with Crippen LogP contribution < -0.4 is 5.32 Å². The van der Waals surface area contributed by atoms with Gasteiger partial charge in [-0.15, -0.1) is 11.3 Å². The van der Waals surface area contributed by atoms with Gasteiger partial charge in [-0.1, -0.05) is 0 Å². The maximum Gasteiger partial charge on any atom is 0.317 e. The number of nitrogens with one attached hydrogen (secondary N) is 1. The summed E-state index contributed by atoms with van der Waals surface area (Å²) in [5.41, 5.74) is 2.88. The molecule has 1 aliphatic heterocycles. The van der Waals surface area contributed by atoms with Gasteiger partial charge in [0.2, 0.25) is 0 Å². The van der Waals surface area contributed by atoms with Gasteiger partial charge in [0.05, 0.1) is 23.4 Å². The maximum atomic E-state index is 12.5. The Morgan fingerprint density at radius 2 is 2.43 bits per heavy atom. The third-order valence-corrected chi connectivity index (χ3v) is 6.13. The molecule has 0 aromatic carbocycles. The molecule has 3 aliphatic rings. The molecule has 3 fully saturated rings. The fourth-order valence-corrected chi connectivity index (χ4v) is 5.31. The number of aromatic nitrogens is 1. The van der Waals surface area contributed by atoms with Crippen molar-refractivity contribution in [3.05, 3.63) is 16.6 Å². The Morgan fingerprint density at radius 3 is 3.19 bits per heavy atom. The van der Waals surface area contributed by atoms with E-state index in [2.05, 4.69) is 10.3 Å². The van der Waals surface area contributed by atoms with Crippen LogP contribution in [0.3, 0.4) is 0 Å². The number of urea groups is 1. The highest BCUT2D eigenvalue weighted by atomic mass is 32.1. The van der Waals surface area contributed by atoms with E-state index in [1.165, 1.54) is 12.8 Å². The Hall–Kier alpha value is -1.14. The molecule has 5 atom stereocenters. The van der Waals surface area contributed by atoms with Gasteiger partial charge in [-0.05, 0) is 30.6 Å². The zero-order chi connectivity index (χ0) is 14.4. The van der Waals surface area contributed by atoms with Crippen molar-refractivity contribution in [2.24, 2.45) is 17.8 Å². The molecule has 5 nitrogen and oxygen atoms in total. The zero-order valence-corrected chi connectivity index (χ0v) is 13.0. The highest BCUT2D eigenvalue weighted by molar-refractivity contribution is 7.07. The summed E-state index contributed by atoms with van der Waals surface area (Å²) in [6, 6.07) is 0.380. The Balaban J connectivity index is 1.37. The standard InChI is InChI=1S/C15H21N3O2S/c1-20-14-9-4-10-6-18(13(14)12(10)5-9)15(19)16-3-2-11-7-21-8-17-11/h7-10,12-14H,2-6H2,1H3,(H,16,19). The van der Waals surface area contributed by atoms with Gasteiger partial charge in [0, 0.05) is 32.0 Å². The molecule has 1 aromatic heterocycles. The van der Waals surface area contributed by atoms with Crippen LogP contribution in [0.2, 0.25) is 0 Å². The Kier molecular flexibility index (Phi) is 3.38. The Morgan fingerprint density at radius 1 is 1.52 bits per heavy atom. The van der Waals surface area contributed by atoms with E-state index in [1.807, 2.05) is 15.8 Å². The molecule has 2 aliphatic carbocycles. The molecule has 2 amide bonds. The predicted octanol–water partition coefficient (Wildman–Crippen LogP) is 1.75. The van der Waals surface area contributed by atoms with Crippen LogP contribution in [0.4, 0.5) is 4.79 Å². The van der Waals surface area contributed by atoms with Crippen molar-refractivity contribution >= 4 is 17.4 Å². The summed E-state index contributed by atoms with van der Waals surface area (Å²) in [5.74, 6) is 2.04. The molecule has 4 rings (SSSR count). The summed E-state index contributed by atoms with van der Waals surface area (Å²) in [4.78, 5) is 18.8.